The molecule has 2 rings (SSSR count). The van der Waals surface area contributed by atoms with Crippen molar-refractivity contribution >= 4 is 0 Å². The molecule has 2 aromatic carbocycles. The highest BCUT2D eigenvalue weighted by atomic mass is 19.2. The highest BCUT2D eigenvalue weighted by Gasteiger charge is 2.09. The number of ether oxygens (including phenoxy) is 1. The molecule has 0 amide bonds. The lowest BCUT2D eigenvalue weighted by Crippen LogP contribution is -1.97. The van der Waals surface area contributed by atoms with Crippen molar-refractivity contribution in [2.45, 2.75) is 58.3 Å². The first kappa shape index (κ1) is 19.4. The largest absolute Gasteiger partial charge is 0.494 e. The fourth-order valence-electron chi connectivity index (χ4n) is 2.88. The summed E-state index contributed by atoms with van der Waals surface area (Å²) >= 11 is 0. The number of hydrogen-bond acceptors (Lipinski definition) is 1. The van der Waals surface area contributed by atoms with Crippen LogP contribution in [0.5, 0.6) is 5.75 Å². The Bertz CT molecular complexity index is 622. The lowest BCUT2D eigenvalue weighted by molar-refractivity contribution is 0.304. The van der Waals surface area contributed by atoms with Gasteiger partial charge >= 0.3 is 0 Å². The Morgan fingerprint density at radius 2 is 1.40 bits per heavy atom. The molecule has 0 N–H and O–H groups in total. The molecule has 0 atom stereocenters. The fourth-order valence-corrected chi connectivity index (χ4v) is 2.88. The average molecular weight is 346 g/mol. The van der Waals surface area contributed by atoms with E-state index in [0.717, 1.165) is 18.2 Å². The molecule has 0 unspecified atom stereocenters. The van der Waals surface area contributed by atoms with E-state index in [1.807, 2.05) is 12.1 Å². The zero-order chi connectivity index (χ0) is 17.9. The summed E-state index contributed by atoms with van der Waals surface area (Å²) in [7, 11) is 0. The molecule has 0 spiro atoms. The second kappa shape index (κ2) is 10.9. The molecule has 0 aliphatic heterocycles. The molecule has 0 saturated heterocycles. The Balaban J connectivity index is 1.70. The van der Waals surface area contributed by atoms with Gasteiger partial charge in [0, 0.05) is 5.56 Å². The van der Waals surface area contributed by atoms with Gasteiger partial charge in [-0.2, -0.15) is 0 Å². The number of halogens is 2. The minimum absolute atomic E-state index is 0.273. The van der Waals surface area contributed by atoms with E-state index in [1.165, 1.54) is 51.0 Å². The first-order chi connectivity index (χ1) is 12.2. The van der Waals surface area contributed by atoms with Crippen molar-refractivity contribution in [2.24, 2.45) is 0 Å². The van der Waals surface area contributed by atoms with Crippen molar-refractivity contribution in [3.63, 3.8) is 0 Å². The molecule has 0 fully saturated rings. The zero-order valence-electron chi connectivity index (χ0n) is 15.1. The molecule has 0 saturated carbocycles. The topological polar surface area (TPSA) is 9.23 Å². The third kappa shape index (κ3) is 6.49. The van der Waals surface area contributed by atoms with Crippen molar-refractivity contribution < 1.29 is 13.5 Å². The molecule has 0 bridgehead atoms. The summed E-state index contributed by atoms with van der Waals surface area (Å²) in [5.41, 5.74) is 0.922. The third-order valence-corrected chi connectivity index (χ3v) is 4.38. The van der Waals surface area contributed by atoms with Crippen LogP contribution in [-0.4, -0.2) is 6.61 Å². The quantitative estimate of drug-likeness (QED) is 0.392. The minimum atomic E-state index is -0.826. The van der Waals surface area contributed by atoms with Gasteiger partial charge in [-0.25, -0.2) is 8.78 Å². The van der Waals surface area contributed by atoms with Crippen LogP contribution in [0.15, 0.2) is 42.5 Å². The van der Waals surface area contributed by atoms with Gasteiger partial charge < -0.3 is 4.74 Å². The van der Waals surface area contributed by atoms with Crippen LogP contribution in [0.3, 0.4) is 0 Å². The fraction of sp³-hybridized carbons (Fsp3) is 0.455. The predicted molar refractivity (Wildman–Crippen MR) is 99.9 cm³/mol. The van der Waals surface area contributed by atoms with E-state index < -0.39 is 11.6 Å². The molecule has 0 heterocycles. The first-order valence-electron chi connectivity index (χ1n) is 9.39. The van der Waals surface area contributed by atoms with E-state index in [0.29, 0.717) is 12.2 Å². The maximum absolute atomic E-state index is 13.8. The van der Waals surface area contributed by atoms with Crippen LogP contribution in [0.1, 0.15) is 58.3 Å². The van der Waals surface area contributed by atoms with Crippen molar-refractivity contribution in [1.82, 2.24) is 0 Å². The third-order valence-electron chi connectivity index (χ3n) is 4.38. The van der Waals surface area contributed by atoms with Gasteiger partial charge in [0.05, 0.1) is 6.61 Å². The van der Waals surface area contributed by atoms with Crippen molar-refractivity contribution in [3.8, 4) is 16.9 Å². The van der Waals surface area contributed by atoms with Crippen LogP contribution < -0.4 is 4.74 Å². The van der Waals surface area contributed by atoms with E-state index in [-0.39, 0.29) is 5.56 Å². The molecular formula is C22H28F2O. The SMILES string of the molecule is CCCCCCCCCCOc1ccc(-c2cccc(F)c2F)cc1. The maximum Gasteiger partial charge on any atom is 0.166 e. The van der Waals surface area contributed by atoms with Crippen LogP contribution in [0.2, 0.25) is 0 Å². The maximum atomic E-state index is 13.8. The molecule has 136 valence electrons. The van der Waals surface area contributed by atoms with Gasteiger partial charge in [-0.05, 0) is 30.2 Å². The van der Waals surface area contributed by atoms with Gasteiger partial charge in [-0.15, -0.1) is 0 Å². The van der Waals surface area contributed by atoms with E-state index in [2.05, 4.69) is 6.92 Å². The van der Waals surface area contributed by atoms with Crippen LogP contribution in [0.4, 0.5) is 8.78 Å². The summed E-state index contributed by atoms with van der Waals surface area (Å²) in [4.78, 5) is 0. The zero-order valence-corrected chi connectivity index (χ0v) is 15.1. The predicted octanol–water partition coefficient (Wildman–Crippen LogP) is 7.15. The lowest BCUT2D eigenvalue weighted by Gasteiger charge is -2.08. The Morgan fingerprint density at radius 1 is 0.760 bits per heavy atom. The van der Waals surface area contributed by atoms with Crippen molar-refractivity contribution in [2.75, 3.05) is 6.61 Å². The summed E-state index contributed by atoms with van der Waals surface area (Å²) < 4.78 is 32.8. The lowest BCUT2D eigenvalue weighted by atomic mass is 10.0. The number of rotatable bonds is 11. The van der Waals surface area contributed by atoms with E-state index in [1.54, 1.807) is 18.2 Å². The number of hydrogen-bond donors (Lipinski definition) is 0. The van der Waals surface area contributed by atoms with Gasteiger partial charge in [-0.3, -0.25) is 0 Å². The Kier molecular flexibility index (Phi) is 8.44. The monoisotopic (exact) mass is 346 g/mol. The summed E-state index contributed by atoms with van der Waals surface area (Å²) in [5, 5.41) is 0. The number of benzene rings is 2. The van der Waals surface area contributed by atoms with Crippen LogP contribution in [-0.2, 0) is 0 Å². The van der Waals surface area contributed by atoms with E-state index in [4.69, 9.17) is 4.74 Å². The van der Waals surface area contributed by atoms with Crippen LogP contribution >= 0.6 is 0 Å². The molecular weight excluding hydrogens is 318 g/mol. The normalized spacial score (nSPS) is 10.8. The molecule has 0 aliphatic carbocycles. The summed E-state index contributed by atoms with van der Waals surface area (Å²) in [6.45, 7) is 2.93. The smallest absolute Gasteiger partial charge is 0.166 e. The molecule has 3 heteroatoms. The molecule has 0 aliphatic rings. The second-order valence-corrected chi connectivity index (χ2v) is 6.45. The van der Waals surface area contributed by atoms with Crippen molar-refractivity contribution in [1.29, 1.82) is 0 Å². The molecule has 25 heavy (non-hydrogen) atoms. The summed E-state index contributed by atoms with van der Waals surface area (Å²) in [5.74, 6) is -0.869. The highest BCUT2D eigenvalue weighted by Crippen LogP contribution is 2.26. The molecule has 0 aromatic heterocycles. The standard InChI is InChI=1S/C22H28F2O/c1-2-3-4-5-6-7-8-9-17-25-19-15-13-18(14-16-19)20-11-10-12-21(23)22(20)24/h10-16H,2-9,17H2,1H3. The van der Waals surface area contributed by atoms with E-state index >= 15 is 0 Å². The minimum Gasteiger partial charge on any atom is -0.494 e. The number of unbranched alkanes of at least 4 members (excludes halogenated alkanes) is 7. The summed E-state index contributed by atoms with van der Waals surface area (Å²) in [6, 6.07) is 11.4. The van der Waals surface area contributed by atoms with Gasteiger partial charge in [0.2, 0.25) is 0 Å². The molecule has 1 nitrogen and oxygen atoms in total. The van der Waals surface area contributed by atoms with E-state index in [9.17, 15) is 8.78 Å². The molecule has 0 radical (unpaired) electrons. The summed E-state index contributed by atoms with van der Waals surface area (Å²) in [6.07, 6.45) is 10.2. The first-order valence-corrected chi connectivity index (χ1v) is 9.39. The van der Waals surface area contributed by atoms with Gasteiger partial charge in [0.25, 0.3) is 0 Å². The Labute approximate surface area is 150 Å². The Hall–Kier alpha value is -1.90. The average Bonchev–Trinajstić information content (AvgIpc) is 2.63. The van der Waals surface area contributed by atoms with Crippen LogP contribution in [0.25, 0.3) is 11.1 Å². The van der Waals surface area contributed by atoms with Gasteiger partial charge in [0.15, 0.2) is 11.6 Å². The van der Waals surface area contributed by atoms with Gasteiger partial charge in [0.1, 0.15) is 5.75 Å². The van der Waals surface area contributed by atoms with Crippen LogP contribution in [0, 0.1) is 11.6 Å². The molecule has 2 aromatic rings. The highest BCUT2D eigenvalue weighted by molar-refractivity contribution is 5.64. The van der Waals surface area contributed by atoms with Gasteiger partial charge in [-0.1, -0.05) is 76.1 Å². The van der Waals surface area contributed by atoms with Crippen molar-refractivity contribution in [3.05, 3.63) is 54.1 Å². The Morgan fingerprint density at radius 3 is 2.08 bits per heavy atom. The second-order valence-electron chi connectivity index (χ2n) is 6.45.